The summed E-state index contributed by atoms with van der Waals surface area (Å²) in [5.41, 5.74) is 5.43. The molecule has 0 saturated carbocycles. The molecule has 1 aromatic heterocycles. The number of benzene rings is 2. The van der Waals surface area contributed by atoms with Crippen molar-refractivity contribution in [1.29, 1.82) is 0 Å². The summed E-state index contributed by atoms with van der Waals surface area (Å²) in [7, 11) is 0. The molecule has 0 unspecified atom stereocenters. The van der Waals surface area contributed by atoms with Gasteiger partial charge in [-0.15, -0.1) is 11.3 Å². The molecule has 0 saturated heterocycles. The molecule has 30 heavy (non-hydrogen) atoms. The van der Waals surface area contributed by atoms with E-state index in [9.17, 15) is 4.79 Å². The van der Waals surface area contributed by atoms with Crippen molar-refractivity contribution in [2.45, 2.75) is 38.8 Å². The van der Waals surface area contributed by atoms with Gasteiger partial charge in [-0.05, 0) is 32.8 Å². The molecule has 1 amide bonds. The number of nitrogens with zero attached hydrogens (tertiary/aromatic N) is 2. The zero-order valence-corrected chi connectivity index (χ0v) is 18.1. The van der Waals surface area contributed by atoms with Crippen LogP contribution in [-0.2, 0) is 11.2 Å². The van der Waals surface area contributed by atoms with Gasteiger partial charge in [0.1, 0.15) is 5.60 Å². The minimum atomic E-state index is -0.564. The quantitative estimate of drug-likeness (QED) is 0.398. The summed E-state index contributed by atoms with van der Waals surface area (Å²) in [6, 6.07) is 19.6. The number of ether oxygens (including phenoxy) is 1. The number of carbonyl (C=O) groups is 1. The van der Waals surface area contributed by atoms with Crippen LogP contribution in [0, 0.1) is 0 Å². The van der Waals surface area contributed by atoms with Crippen LogP contribution in [0.25, 0.3) is 11.3 Å². The number of hydrazone groups is 1. The summed E-state index contributed by atoms with van der Waals surface area (Å²) in [5.74, 6) is 0. The summed E-state index contributed by atoms with van der Waals surface area (Å²) >= 11 is 1.47. The van der Waals surface area contributed by atoms with E-state index in [4.69, 9.17) is 4.74 Å². The third kappa shape index (κ3) is 7.00. The lowest BCUT2D eigenvalue weighted by atomic mass is 10.1. The second kappa shape index (κ2) is 10.0. The number of amides is 1. The third-order valence-electron chi connectivity index (χ3n) is 3.99. The molecule has 0 aliphatic carbocycles. The number of aromatic nitrogens is 1. The summed E-state index contributed by atoms with van der Waals surface area (Å²) in [5, 5.41) is 9.83. The Hall–Kier alpha value is -3.19. The first-order valence-corrected chi connectivity index (χ1v) is 10.6. The van der Waals surface area contributed by atoms with E-state index in [1.54, 1.807) is 6.21 Å². The molecule has 0 radical (unpaired) electrons. The average Bonchev–Trinajstić information content (AvgIpc) is 3.17. The number of nitrogens with one attached hydrogen (secondary N) is 2. The van der Waals surface area contributed by atoms with Gasteiger partial charge in [-0.3, -0.25) is 5.43 Å². The molecule has 1 heterocycles. The number of hydrogen-bond acceptors (Lipinski definition) is 6. The fourth-order valence-electron chi connectivity index (χ4n) is 2.72. The van der Waals surface area contributed by atoms with Crippen molar-refractivity contribution in [2.75, 3.05) is 5.43 Å². The Bertz CT molecular complexity index is 966. The van der Waals surface area contributed by atoms with E-state index in [-0.39, 0.29) is 6.04 Å². The predicted octanol–water partition coefficient (Wildman–Crippen LogP) is 5.34. The van der Waals surface area contributed by atoms with Gasteiger partial charge in [0.2, 0.25) is 5.13 Å². The first-order valence-electron chi connectivity index (χ1n) is 9.73. The van der Waals surface area contributed by atoms with Gasteiger partial charge in [0.25, 0.3) is 0 Å². The van der Waals surface area contributed by atoms with Crippen LogP contribution < -0.4 is 10.7 Å². The first kappa shape index (κ1) is 21.5. The number of rotatable bonds is 7. The smallest absolute Gasteiger partial charge is 0.408 e. The summed E-state index contributed by atoms with van der Waals surface area (Å²) in [6.07, 6.45) is 1.79. The van der Waals surface area contributed by atoms with Crippen molar-refractivity contribution in [1.82, 2.24) is 10.3 Å². The lowest BCUT2D eigenvalue weighted by Crippen LogP contribution is -2.41. The lowest BCUT2D eigenvalue weighted by Gasteiger charge is -2.22. The lowest BCUT2D eigenvalue weighted by molar-refractivity contribution is 0.0519. The van der Waals surface area contributed by atoms with E-state index in [0.29, 0.717) is 11.6 Å². The molecule has 3 aromatic rings. The van der Waals surface area contributed by atoms with Crippen LogP contribution in [0.4, 0.5) is 9.93 Å². The topological polar surface area (TPSA) is 75.6 Å². The minimum absolute atomic E-state index is 0.330. The van der Waals surface area contributed by atoms with E-state index in [1.165, 1.54) is 11.3 Å². The van der Waals surface area contributed by atoms with E-state index in [2.05, 4.69) is 20.8 Å². The number of hydrogen-bond donors (Lipinski definition) is 2. The summed E-state index contributed by atoms with van der Waals surface area (Å²) in [6.45, 7) is 5.50. The van der Waals surface area contributed by atoms with Gasteiger partial charge in [-0.2, -0.15) is 5.10 Å². The molecule has 0 spiro atoms. The van der Waals surface area contributed by atoms with Gasteiger partial charge in [-0.25, -0.2) is 9.78 Å². The molecule has 1 atom stereocenters. The normalized spacial score (nSPS) is 12.5. The van der Waals surface area contributed by atoms with Crippen molar-refractivity contribution in [3.05, 3.63) is 71.6 Å². The van der Waals surface area contributed by atoms with Gasteiger partial charge in [0.05, 0.1) is 11.7 Å². The van der Waals surface area contributed by atoms with Crippen molar-refractivity contribution >= 4 is 28.8 Å². The van der Waals surface area contributed by atoms with Crippen LogP contribution >= 0.6 is 11.3 Å². The van der Waals surface area contributed by atoms with Crippen molar-refractivity contribution in [2.24, 2.45) is 5.10 Å². The van der Waals surface area contributed by atoms with Crippen LogP contribution in [0.5, 0.6) is 0 Å². The summed E-state index contributed by atoms with van der Waals surface area (Å²) in [4.78, 5) is 16.8. The second-order valence-electron chi connectivity index (χ2n) is 7.74. The highest BCUT2D eigenvalue weighted by atomic mass is 32.1. The van der Waals surface area contributed by atoms with E-state index >= 15 is 0 Å². The fraction of sp³-hybridized carbons (Fsp3) is 0.261. The molecule has 2 aromatic carbocycles. The van der Waals surface area contributed by atoms with Gasteiger partial charge in [0, 0.05) is 17.2 Å². The van der Waals surface area contributed by atoms with Gasteiger partial charge in [0.15, 0.2) is 0 Å². The highest BCUT2D eigenvalue weighted by Gasteiger charge is 2.19. The molecule has 3 rings (SSSR count). The zero-order valence-electron chi connectivity index (χ0n) is 17.3. The maximum atomic E-state index is 12.2. The fourth-order valence-corrected chi connectivity index (χ4v) is 3.39. The molecule has 7 heteroatoms. The van der Waals surface area contributed by atoms with E-state index in [0.717, 1.165) is 16.8 Å². The van der Waals surface area contributed by atoms with Gasteiger partial charge in [-0.1, -0.05) is 60.7 Å². The first-order chi connectivity index (χ1) is 14.4. The van der Waals surface area contributed by atoms with Crippen molar-refractivity contribution in [3.8, 4) is 11.3 Å². The van der Waals surface area contributed by atoms with E-state index in [1.807, 2.05) is 86.8 Å². The Morgan fingerprint density at radius 1 is 1.13 bits per heavy atom. The van der Waals surface area contributed by atoms with Crippen LogP contribution in [-0.4, -0.2) is 28.9 Å². The number of carbonyl (C=O) groups excluding carboxylic acids is 1. The molecule has 0 fully saturated rings. The van der Waals surface area contributed by atoms with Crippen LogP contribution in [0.3, 0.4) is 0 Å². The monoisotopic (exact) mass is 422 g/mol. The summed E-state index contributed by atoms with van der Waals surface area (Å²) < 4.78 is 5.38. The SMILES string of the molecule is CC(C)(C)OC(=O)N[C@H](/C=N/Nc1nc(-c2ccccc2)cs1)Cc1ccccc1. The molecule has 2 N–H and O–H groups in total. The van der Waals surface area contributed by atoms with Crippen LogP contribution in [0.1, 0.15) is 26.3 Å². The molecule has 6 nitrogen and oxygen atoms in total. The molecule has 0 aliphatic rings. The van der Waals surface area contributed by atoms with Crippen LogP contribution in [0.15, 0.2) is 71.1 Å². The Morgan fingerprint density at radius 2 is 1.80 bits per heavy atom. The Labute approximate surface area is 181 Å². The second-order valence-corrected chi connectivity index (χ2v) is 8.59. The van der Waals surface area contributed by atoms with Gasteiger partial charge >= 0.3 is 6.09 Å². The molecule has 156 valence electrons. The number of thiazole rings is 1. The third-order valence-corrected chi connectivity index (χ3v) is 4.74. The molecular formula is C23H26N4O2S. The predicted molar refractivity (Wildman–Crippen MR) is 123 cm³/mol. The zero-order chi connectivity index (χ0) is 21.4. The van der Waals surface area contributed by atoms with Crippen molar-refractivity contribution < 1.29 is 9.53 Å². The van der Waals surface area contributed by atoms with Crippen LogP contribution in [0.2, 0.25) is 0 Å². The standard InChI is InChI=1S/C23H26N4O2S/c1-23(2,3)29-22(28)25-19(14-17-10-6-4-7-11-17)15-24-27-21-26-20(16-30-21)18-12-8-5-9-13-18/h4-13,15-16,19H,14H2,1-3H3,(H,25,28)(H,26,27)/b24-15+/t19-/m0/s1. The van der Waals surface area contributed by atoms with Gasteiger partial charge < -0.3 is 10.1 Å². The average molecular weight is 423 g/mol. The highest BCUT2D eigenvalue weighted by Crippen LogP contribution is 2.24. The highest BCUT2D eigenvalue weighted by molar-refractivity contribution is 7.14. The van der Waals surface area contributed by atoms with E-state index < -0.39 is 11.7 Å². The minimum Gasteiger partial charge on any atom is -0.444 e. The molecule has 0 bridgehead atoms. The number of alkyl carbamates (subject to hydrolysis) is 1. The molecule has 0 aliphatic heterocycles. The Balaban J connectivity index is 1.65. The maximum Gasteiger partial charge on any atom is 0.408 e. The Morgan fingerprint density at radius 3 is 2.47 bits per heavy atom. The Kier molecular flexibility index (Phi) is 7.19. The molecular weight excluding hydrogens is 396 g/mol. The van der Waals surface area contributed by atoms with Crippen molar-refractivity contribution in [3.63, 3.8) is 0 Å². The largest absolute Gasteiger partial charge is 0.444 e. The number of anilines is 1. The maximum absolute atomic E-state index is 12.2.